The van der Waals surface area contributed by atoms with Gasteiger partial charge < -0.3 is 10.1 Å². The number of carbonyl (C=O) groups excluding carboxylic acids is 1. The fraction of sp³-hybridized carbons (Fsp3) is 0.938. The molecule has 2 fully saturated rings. The number of hydrogen-bond acceptors (Lipinski definition) is 2. The van der Waals surface area contributed by atoms with Crippen LogP contribution in [0.2, 0.25) is 0 Å². The summed E-state index contributed by atoms with van der Waals surface area (Å²) in [6, 6.07) is 0.309. The molecule has 0 saturated heterocycles. The molecule has 110 valence electrons. The Bertz CT molecular complexity index is 356. The molecule has 0 aromatic heterocycles. The van der Waals surface area contributed by atoms with Crippen LogP contribution in [0.5, 0.6) is 0 Å². The van der Waals surface area contributed by atoms with Gasteiger partial charge in [-0.3, -0.25) is 0 Å². The molecule has 2 aliphatic rings. The van der Waals surface area contributed by atoms with E-state index < -0.39 is 5.60 Å². The second kappa shape index (κ2) is 4.68. The maximum atomic E-state index is 11.8. The number of alkyl carbamates (subject to hydrolysis) is 1. The average molecular weight is 267 g/mol. The molecule has 2 aliphatic carbocycles. The molecule has 19 heavy (non-hydrogen) atoms. The summed E-state index contributed by atoms with van der Waals surface area (Å²) in [4.78, 5) is 11.8. The quantitative estimate of drug-likeness (QED) is 0.822. The minimum atomic E-state index is -0.408. The standard InChI is InChI=1S/C16H29NO2/c1-10-13(16(10,5)6)11-7-8-12(9-11)17-14(18)19-15(2,3)4/h10-13H,7-9H2,1-6H3,(H,17,18). The Hall–Kier alpha value is -0.730. The molecule has 1 N–H and O–H groups in total. The van der Waals surface area contributed by atoms with Crippen molar-refractivity contribution < 1.29 is 9.53 Å². The van der Waals surface area contributed by atoms with E-state index in [1.54, 1.807) is 0 Å². The molecule has 0 spiro atoms. The number of amides is 1. The van der Waals surface area contributed by atoms with E-state index in [-0.39, 0.29) is 6.09 Å². The van der Waals surface area contributed by atoms with Crippen LogP contribution in [0.25, 0.3) is 0 Å². The van der Waals surface area contributed by atoms with E-state index in [1.165, 1.54) is 6.42 Å². The molecule has 4 unspecified atom stereocenters. The highest BCUT2D eigenvalue weighted by molar-refractivity contribution is 5.68. The maximum Gasteiger partial charge on any atom is 0.407 e. The fourth-order valence-corrected chi connectivity index (χ4v) is 3.90. The molecule has 2 rings (SSSR count). The predicted molar refractivity (Wildman–Crippen MR) is 76.9 cm³/mol. The molecule has 4 atom stereocenters. The third kappa shape index (κ3) is 3.24. The minimum absolute atomic E-state index is 0.263. The molecule has 0 heterocycles. The Morgan fingerprint density at radius 3 is 2.32 bits per heavy atom. The van der Waals surface area contributed by atoms with Crippen LogP contribution >= 0.6 is 0 Å². The van der Waals surface area contributed by atoms with E-state index in [4.69, 9.17) is 4.74 Å². The summed E-state index contributed by atoms with van der Waals surface area (Å²) in [5.41, 5.74) is 0.0978. The van der Waals surface area contributed by atoms with Gasteiger partial charge in [0.25, 0.3) is 0 Å². The summed E-state index contributed by atoms with van der Waals surface area (Å²) in [5.74, 6) is 2.46. The molecule has 3 nitrogen and oxygen atoms in total. The predicted octanol–water partition coefficient (Wildman–Crippen LogP) is 3.97. The van der Waals surface area contributed by atoms with Crippen molar-refractivity contribution >= 4 is 6.09 Å². The lowest BCUT2D eigenvalue weighted by molar-refractivity contribution is 0.0504. The molecule has 0 radical (unpaired) electrons. The highest BCUT2D eigenvalue weighted by Gasteiger charge is 2.58. The van der Waals surface area contributed by atoms with E-state index in [0.717, 1.165) is 30.6 Å². The molecule has 0 bridgehead atoms. The SMILES string of the molecule is CC1C(C2CCC(NC(=O)OC(C)(C)C)C2)C1(C)C. The summed E-state index contributed by atoms with van der Waals surface area (Å²) in [6.45, 7) is 12.8. The van der Waals surface area contributed by atoms with Crippen molar-refractivity contribution in [2.45, 2.75) is 72.4 Å². The first kappa shape index (κ1) is 14.7. The third-order valence-electron chi connectivity index (χ3n) is 5.16. The van der Waals surface area contributed by atoms with E-state index in [9.17, 15) is 4.79 Å². The van der Waals surface area contributed by atoms with Gasteiger partial charge >= 0.3 is 6.09 Å². The van der Waals surface area contributed by atoms with Crippen LogP contribution in [0.3, 0.4) is 0 Å². The Labute approximate surface area is 117 Å². The van der Waals surface area contributed by atoms with E-state index in [0.29, 0.717) is 11.5 Å². The molecule has 3 heteroatoms. The number of hydrogen-bond donors (Lipinski definition) is 1. The van der Waals surface area contributed by atoms with Crippen LogP contribution in [0.15, 0.2) is 0 Å². The van der Waals surface area contributed by atoms with Crippen LogP contribution in [-0.2, 0) is 4.74 Å². The summed E-state index contributed by atoms with van der Waals surface area (Å²) in [7, 11) is 0. The first-order chi connectivity index (χ1) is 8.61. The van der Waals surface area contributed by atoms with Gasteiger partial charge in [-0.05, 0) is 63.2 Å². The van der Waals surface area contributed by atoms with Gasteiger partial charge in [-0.1, -0.05) is 20.8 Å². The summed E-state index contributed by atoms with van der Waals surface area (Å²) < 4.78 is 5.32. The Balaban J connectivity index is 1.79. The summed E-state index contributed by atoms with van der Waals surface area (Å²) in [6.07, 6.45) is 3.21. The zero-order valence-corrected chi connectivity index (χ0v) is 13.2. The molecule has 0 aromatic carbocycles. The van der Waals surface area contributed by atoms with Gasteiger partial charge in [0, 0.05) is 6.04 Å². The van der Waals surface area contributed by atoms with Gasteiger partial charge in [0.2, 0.25) is 0 Å². The maximum absolute atomic E-state index is 11.8. The van der Waals surface area contributed by atoms with Crippen LogP contribution in [-0.4, -0.2) is 17.7 Å². The molecule has 0 aromatic rings. The molecular weight excluding hydrogens is 238 g/mol. The van der Waals surface area contributed by atoms with Gasteiger partial charge in [-0.15, -0.1) is 0 Å². The molecule has 2 saturated carbocycles. The first-order valence-electron chi connectivity index (χ1n) is 7.61. The monoisotopic (exact) mass is 267 g/mol. The van der Waals surface area contributed by atoms with E-state index in [1.807, 2.05) is 20.8 Å². The minimum Gasteiger partial charge on any atom is -0.444 e. The number of ether oxygens (including phenoxy) is 1. The third-order valence-corrected chi connectivity index (χ3v) is 5.16. The molecule has 0 aliphatic heterocycles. The van der Waals surface area contributed by atoms with Crippen molar-refractivity contribution in [1.29, 1.82) is 0 Å². The highest BCUT2D eigenvalue weighted by Crippen LogP contribution is 2.64. The number of nitrogens with one attached hydrogen (secondary N) is 1. The lowest BCUT2D eigenvalue weighted by Gasteiger charge is -2.22. The Morgan fingerprint density at radius 2 is 1.84 bits per heavy atom. The zero-order chi connectivity index (χ0) is 14.4. The highest BCUT2D eigenvalue weighted by atomic mass is 16.6. The van der Waals surface area contributed by atoms with Crippen molar-refractivity contribution in [1.82, 2.24) is 5.32 Å². The van der Waals surface area contributed by atoms with Gasteiger partial charge in [0.05, 0.1) is 0 Å². The Kier molecular flexibility index (Phi) is 3.61. The van der Waals surface area contributed by atoms with Crippen molar-refractivity contribution in [2.75, 3.05) is 0 Å². The fourth-order valence-electron chi connectivity index (χ4n) is 3.90. The smallest absolute Gasteiger partial charge is 0.407 e. The lowest BCUT2D eigenvalue weighted by atomic mass is 9.95. The normalized spacial score (nSPS) is 36.9. The van der Waals surface area contributed by atoms with Crippen molar-refractivity contribution in [3.8, 4) is 0 Å². The van der Waals surface area contributed by atoms with Gasteiger partial charge in [-0.2, -0.15) is 0 Å². The topological polar surface area (TPSA) is 38.3 Å². The van der Waals surface area contributed by atoms with E-state index in [2.05, 4.69) is 26.1 Å². The van der Waals surface area contributed by atoms with Gasteiger partial charge in [0.1, 0.15) is 5.60 Å². The molecule has 1 amide bonds. The van der Waals surface area contributed by atoms with Crippen LogP contribution in [0, 0.1) is 23.2 Å². The average Bonchev–Trinajstić information content (AvgIpc) is 2.59. The largest absolute Gasteiger partial charge is 0.444 e. The Morgan fingerprint density at radius 1 is 1.26 bits per heavy atom. The van der Waals surface area contributed by atoms with Crippen molar-refractivity contribution in [3.63, 3.8) is 0 Å². The van der Waals surface area contributed by atoms with Crippen molar-refractivity contribution in [3.05, 3.63) is 0 Å². The molecular formula is C16H29NO2. The van der Waals surface area contributed by atoms with Crippen molar-refractivity contribution in [2.24, 2.45) is 23.2 Å². The summed E-state index contributed by atoms with van der Waals surface area (Å²) >= 11 is 0. The van der Waals surface area contributed by atoms with Crippen LogP contribution in [0.4, 0.5) is 4.79 Å². The zero-order valence-electron chi connectivity index (χ0n) is 13.2. The summed E-state index contributed by atoms with van der Waals surface area (Å²) in [5, 5.41) is 3.03. The van der Waals surface area contributed by atoms with Gasteiger partial charge in [0.15, 0.2) is 0 Å². The first-order valence-corrected chi connectivity index (χ1v) is 7.61. The second-order valence-corrected chi connectivity index (χ2v) is 8.05. The van der Waals surface area contributed by atoms with Gasteiger partial charge in [-0.25, -0.2) is 4.79 Å². The number of rotatable bonds is 2. The lowest BCUT2D eigenvalue weighted by Crippen LogP contribution is -2.38. The van der Waals surface area contributed by atoms with Crippen LogP contribution in [0.1, 0.15) is 60.8 Å². The number of carbonyl (C=O) groups is 1. The van der Waals surface area contributed by atoms with E-state index >= 15 is 0 Å². The second-order valence-electron chi connectivity index (χ2n) is 8.05. The van der Waals surface area contributed by atoms with Crippen LogP contribution < -0.4 is 5.32 Å².